The quantitative estimate of drug-likeness (QED) is 0.343. The lowest BCUT2D eigenvalue weighted by molar-refractivity contribution is 0.0951. The number of amides is 1. The molecular weight excluding hydrogens is 518 g/mol. The van der Waals surface area contributed by atoms with Gasteiger partial charge >= 0.3 is 5.69 Å². The minimum absolute atomic E-state index is 0.173. The molecule has 0 atom stereocenters. The molecule has 0 unspecified atom stereocenters. The summed E-state index contributed by atoms with van der Waals surface area (Å²) in [6.07, 6.45) is 0. The third-order valence-corrected chi connectivity index (χ3v) is 6.82. The van der Waals surface area contributed by atoms with E-state index in [4.69, 9.17) is 21.1 Å². The molecule has 0 spiro atoms. The van der Waals surface area contributed by atoms with E-state index in [2.05, 4.69) is 5.32 Å². The normalized spacial score (nSPS) is 12.0. The Labute approximate surface area is 227 Å². The van der Waals surface area contributed by atoms with Crippen molar-refractivity contribution in [1.29, 1.82) is 0 Å². The second-order valence-electron chi connectivity index (χ2n) is 9.07. The number of hydrogen-bond donors (Lipinski definition) is 1. The third kappa shape index (κ3) is 4.78. The molecule has 1 N–H and O–H groups in total. The summed E-state index contributed by atoms with van der Waals surface area (Å²) in [6, 6.07) is 26.1. The van der Waals surface area contributed by atoms with E-state index in [0.717, 1.165) is 15.7 Å². The van der Waals surface area contributed by atoms with E-state index in [1.807, 2.05) is 30.3 Å². The Bertz CT molecular complexity index is 1830. The topological polar surface area (TPSA) is 91.6 Å². The maximum atomic E-state index is 13.7. The molecule has 9 heteroatoms. The number of nitrogens with one attached hydrogen (secondary N) is 1. The first-order valence-electron chi connectivity index (χ1n) is 12.2. The van der Waals surface area contributed by atoms with Gasteiger partial charge in [0, 0.05) is 17.1 Å². The first-order valence-corrected chi connectivity index (χ1v) is 12.6. The molecule has 6 rings (SSSR count). The van der Waals surface area contributed by atoms with E-state index >= 15 is 0 Å². The Morgan fingerprint density at radius 3 is 2.38 bits per heavy atom. The van der Waals surface area contributed by atoms with Gasteiger partial charge in [-0.3, -0.25) is 14.2 Å². The fourth-order valence-electron chi connectivity index (χ4n) is 4.57. The van der Waals surface area contributed by atoms with Gasteiger partial charge < -0.3 is 14.8 Å². The minimum Gasteiger partial charge on any atom is -0.454 e. The maximum absolute atomic E-state index is 13.7. The predicted molar refractivity (Wildman–Crippen MR) is 148 cm³/mol. The Kier molecular flexibility index (Phi) is 6.38. The largest absolute Gasteiger partial charge is 0.454 e. The zero-order valence-electron chi connectivity index (χ0n) is 20.6. The zero-order chi connectivity index (χ0) is 26.9. The number of rotatable bonds is 6. The first kappa shape index (κ1) is 24.5. The number of halogens is 1. The second kappa shape index (κ2) is 10.2. The molecule has 1 amide bonds. The molecular formula is C30H22ClN3O5. The van der Waals surface area contributed by atoms with Crippen LogP contribution in [0.1, 0.15) is 21.5 Å². The van der Waals surface area contributed by atoms with Gasteiger partial charge in [0.05, 0.1) is 23.1 Å². The monoisotopic (exact) mass is 539 g/mol. The lowest BCUT2D eigenvalue weighted by atomic mass is 10.1. The van der Waals surface area contributed by atoms with Crippen LogP contribution in [0.3, 0.4) is 0 Å². The van der Waals surface area contributed by atoms with Gasteiger partial charge in [-0.15, -0.1) is 0 Å². The first-order chi connectivity index (χ1) is 19.0. The molecule has 0 bridgehead atoms. The van der Waals surface area contributed by atoms with Gasteiger partial charge in [-0.25, -0.2) is 9.36 Å². The SMILES string of the molecule is O=C(NCc1ccc2c(c1)OCO2)c1ccc2c(=O)n(-c3ccccc3)c(=O)n(Cc3ccc(Cl)cc3)c2c1. The lowest BCUT2D eigenvalue weighted by Crippen LogP contribution is -2.39. The Morgan fingerprint density at radius 2 is 1.59 bits per heavy atom. The summed E-state index contributed by atoms with van der Waals surface area (Å²) in [7, 11) is 0. The predicted octanol–water partition coefficient (Wildman–Crippen LogP) is 4.51. The van der Waals surface area contributed by atoms with Crippen molar-refractivity contribution in [3.05, 3.63) is 134 Å². The van der Waals surface area contributed by atoms with Crippen LogP contribution in [0.25, 0.3) is 16.6 Å². The van der Waals surface area contributed by atoms with E-state index in [1.54, 1.807) is 60.7 Å². The van der Waals surface area contributed by atoms with Gasteiger partial charge in [0.15, 0.2) is 11.5 Å². The molecule has 1 aromatic heterocycles. The molecule has 1 aliphatic heterocycles. The number of fused-ring (bicyclic) bond motifs is 2. The summed E-state index contributed by atoms with van der Waals surface area (Å²) >= 11 is 6.05. The highest BCUT2D eigenvalue weighted by molar-refractivity contribution is 6.30. The highest BCUT2D eigenvalue weighted by Gasteiger charge is 2.18. The van der Waals surface area contributed by atoms with Crippen LogP contribution in [0.2, 0.25) is 5.02 Å². The van der Waals surface area contributed by atoms with Gasteiger partial charge in [0.25, 0.3) is 11.5 Å². The molecule has 194 valence electrons. The molecule has 0 aliphatic carbocycles. The van der Waals surface area contributed by atoms with Crippen molar-refractivity contribution in [2.24, 2.45) is 0 Å². The average molecular weight is 540 g/mol. The highest BCUT2D eigenvalue weighted by atomic mass is 35.5. The van der Waals surface area contributed by atoms with Crippen molar-refractivity contribution in [1.82, 2.24) is 14.5 Å². The smallest absolute Gasteiger partial charge is 0.336 e. The van der Waals surface area contributed by atoms with Crippen molar-refractivity contribution < 1.29 is 14.3 Å². The van der Waals surface area contributed by atoms with E-state index in [-0.39, 0.29) is 25.8 Å². The van der Waals surface area contributed by atoms with Gasteiger partial charge in [-0.05, 0) is 65.7 Å². The number of carbonyl (C=O) groups excluding carboxylic acids is 1. The number of aromatic nitrogens is 2. The molecule has 0 saturated carbocycles. The summed E-state index contributed by atoms with van der Waals surface area (Å²) in [6.45, 7) is 0.620. The van der Waals surface area contributed by atoms with Crippen molar-refractivity contribution >= 4 is 28.4 Å². The number of para-hydroxylation sites is 1. The standard InChI is InChI=1S/C30H22ClN3O5/c31-22-10-6-19(7-11-22)17-33-25-15-21(28(35)32-16-20-8-13-26-27(14-20)39-18-38-26)9-12-24(25)29(36)34(30(33)37)23-4-2-1-3-5-23/h1-15H,16-18H2,(H,32,35). The van der Waals surface area contributed by atoms with Crippen molar-refractivity contribution in [3.63, 3.8) is 0 Å². The molecule has 0 saturated heterocycles. The molecule has 0 radical (unpaired) electrons. The van der Waals surface area contributed by atoms with E-state index in [0.29, 0.717) is 38.7 Å². The highest BCUT2D eigenvalue weighted by Crippen LogP contribution is 2.32. The van der Waals surface area contributed by atoms with Crippen LogP contribution in [0.4, 0.5) is 0 Å². The summed E-state index contributed by atoms with van der Waals surface area (Å²) in [5.74, 6) is 0.958. The van der Waals surface area contributed by atoms with Gasteiger partial charge in [-0.1, -0.05) is 48.0 Å². The number of carbonyl (C=O) groups is 1. The van der Waals surface area contributed by atoms with Crippen LogP contribution >= 0.6 is 11.6 Å². The second-order valence-corrected chi connectivity index (χ2v) is 9.51. The fraction of sp³-hybridized carbons (Fsp3) is 0.100. The van der Waals surface area contributed by atoms with E-state index in [9.17, 15) is 14.4 Å². The van der Waals surface area contributed by atoms with Gasteiger partial charge in [0.1, 0.15) is 0 Å². The maximum Gasteiger partial charge on any atom is 0.336 e. The molecule has 39 heavy (non-hydrogen) atoms. The van der Waals surface area contributed by atoms with Crippen LogP contribution in [0, 0.1) is 0 Å². The molecule has 8 nitrogen and oxygen atoms in total. The van der Waals surface area contributed by atoms with Crippen molar-refractivity contribution in [2.45, 2.75) is 13.1 Å². The van der Waals surface area contributed by atoms with Gasteiger partial charge in [-0.2, -0.15) is 0 Å². The van der Waals surface area contributed by atoms with E-state index in [1.165, 1.54) is 4.57 Å². The third-order valence-electron chi connectivity index (χ3n) is 6.56. The van der Waals surface area contributed by atoms with E-state index < -0.39 is 11.2 Å². The minimum atomic E-state index is -0.508. The van der Waals surface area contributed by atoms with Gasteiger partial charge in [0.2, 0.25) is 6.79 Å². The molecule has 5 aromatic rings. The average Bonchev–Trinajstić information content (AvgIpc) is 3.43. The van der Waals surface area contributed by atoms with Crippen LogP contribution in [0.15, 0.2) is 101 Å². The summed E-state index contributed by atoms with van der Waals surface area (Å²) < 4.78 is 13.4. The number of hydrogen-bond acceptors (Lipinski definition) is 5. The summed E-state index contributed by atoms with van der Waals surface area (Å²) in [5.41, 5.74) is 1.85. The summed E-state index contributed by atoms with van der Waals surface area (Å²) in [4.78, 5) is 40.3. The Balaban J connectivity index is 1.40. The number of ether oxygens (including phenoxy) is 2. The molecule has 2 heterocycles. The Hall–Kier alpha value is -4.82. The van der Waals surface area contributed by atoms with Crippen LogP contribution in [-0.4, -0.2) is 21.8 Å². The molecule has 0 fully saturated rings. The van der Waals surface area contributed by atoms with Crippen molar-refractivity contribution in [3.8, 4) is 17.2 Å². The zero-order valence-corrected chi connectivity index (χ0v) is 21.4. The van der Waals surface area contributed by atoms with Crippen LogP contribution in [0.5, 0.6) is 11.5 Å². The molecule has 4 aromatic carbocycles. The Morgan fingerprint density at radius 1 is 0.846 bits per heavy atom. The summed E-state index contributed by atoms with van der Waals surface area (Å²) in [5, 5.41) is 3.79. The van der Waals surface area contributed by atoms with Crippen LogP contribution in [-0.2, 0) is 13.1 Å². The lowest BCUT2D eigenvalue weighted by Gasteiger charge is -2.15. The number of benzene rings is 4. The number of nitrogens with zero attached hydrogens (tertiary/aromatic N) is 2. The van der Waals surface area contributed by atoms with Crippen LogP contribution < -0.4 is 26.0 Å². The fourth-order valence-corrected chi connectivity index (χ4v) is 4.70. The molecule has 1 aliphatic rings. The van der Waals surface area contributed by atoms with Crippen molar-refractivity contribution in [2.75, 3.05) is 6.79 Å².